The zero-order valence-corrected chi connectivity index (χ0v) is 13.9. The van der Waals surface area contributed by atoms with Crippen molar-refractivity contribution in [3.8, 4) is 17.6 Å². The van der Waals surface area contributed by atoms with Crippen molar-refractivity contribution in [1.29, 1.82) is 5.26 Å². The predicted octanol–water partition coefficient (Wildman–Crippen LogP) is 1.70. The molecule has 0 atom stereocenters. The first kappa shape index (κ1) is 16.6. The number of rotatable bonds is 4. The fraction of sp³-hybridized carbons (Fsp3) is 0.125. The van der Waals surface area contributed by atoms with E-state index in [-0.39, 0.29) is 28.7 Å². The number of anilines is 2. The monoisotopic (exact) mass is 359 g/mol. The minimum Gasteiger partial charge on any atom is -0.495 e. The summed E-state index contributed by atoms with van der Waals surface area (Å²) in [6.45, 7) is -0.132. The molecule has 0 aliphatic carbocycles. The van der Waals surface area contributed by atoms with E-state index in [0.29, 0.717) is 17.2 Å². The van der Waals surface area contributed by atoms with Crippen LogP contribution < -0.4 is 19.5 Å². The van der Waals surface area contributed by atoms with E-state index in [1.165, 1.54) is 37.4 Å². The highest BCUT2D eigenvalue weighted by molar-refractivity contribution is 7.92. The molecule has 3 rings (SSSR count). The predicted molar refractivity (Wildman–Crippen MR) is 89.1 cm³/mol. The molecule has 0 unspecified atom stereocenters. The molecule has 1 heterocycles. The molecule has 0 spiro atoms. The smallest absolute Gasteiger partial charge is 0.262 e. The van der Waals surface area contributed by atoms with Gasteiger partial charge in [-0.3, -0.25) is 9.52 Å². The van der Waals surface area contributed by atoms with E-state index in [4.69, 9.17) is 14.7 Å². The van der Waals surface area contributed by atoms with E-state index in [1.807, 2.05) is 6.07 Å². The standard InChI is InChI=1S/C16H13N3O5S/c1-23-14-5-3-12(6-10(14)8-17)25(21,22)19-11-2-4-13-15(7-11)24-9-16(20)18-13/h2-7,19H,9H2,1H3,(H,18,20). The molecule has 1 amide bonds. The van der Waals surface area contributed by atoms with E-state index in [2.05, 4.69) is 10.0 Å². The number of nitrogens with one attached hydrogen (secondary N) is 2. The van der Waals surface area contributed by atoms with Gasteiger partial charge >= 0.3 is 0 Å². The number of nitrogens with zero attached hydrogens (tertiary/aromatic N) is 1. The van der Waals surface area contributed by atoms with Crippen molar-refractivity contribution in [2.45, 2.75) is 4.90 Å². The normalized spacial score (nSPS) is 13.0. The van der Waals surface area contributed by atoms with E-state index in [9.17, 15) is 13.2 Å². The van der Waals surface area contributed by atoms with Crippen LogP contribution in [-0.2, 0) is 14.8 Å². The van der Waals surface area contributed by atoms with Gasteiger partial charge in [0, 0.05) is 6.07 Å². The Morgan fingerprint density at radius 2 is 2.08 bits per heavy atom. The second kappa shape index (κ2) is 6.33. The molecule has 0 saturated heterocycles. The Labute approximate surface area is 144 Å². The van der Waals surface area contributed by atoms with Crippen molar-refractivity contribution in [2.75, 3.05) is 23.8 Å². The maximum Gasteiger partial charge on any atom is 0.262 e. The molecule has 0 saturated carbocycles. The molecule has 1 aliphatic heterocycles. The van der Waals surface area contributed by atoms with Crippen molar-refractivity contribution in [2.24, 2.45) is 0 Å². The largest absolute Gasteiger partial charge is 0.495 e. The Hall–Kier alpha value is -3.25. The van der Waals surface area contributed by atoms with Crippen molar-refractivity contribution >= 4 is 27.3 Å². The van der Waals surface area contributed by atoms with Crippen LogP contribution in [0.5, 0.6) is 11.5 Å². The summed E-state index contributed by atoms with van der Waals surface area (Å²) < 4.78 is 37.7. The maximum atomic E-state index is 12.5. The summed E-state index contributed by atoms with van der Waals surface area (Å²) in [7, 11) is -2.51. The second-order valence-corrected chi connectivity index (χ2v) is 6.81. The first-order chi connectivity index (χ1) is 11.9. The molecule has 1 aliphatic rings. The SMILES string of the molecule is COc1ccc(S(=O)(=O)Nc2ccc3c(c2)OCC(=O)N3)cc1C#N. The molecule has 2 aromatic carbocycles. The van der Waals surface area contributed by atoms with Crippen LogP contribution in [0, 0.1) is 11.3 Å². The van der Waals surface area contributed by atoms with Gasteiger partial charge in [0.2, 0.25) is 0 Å². The number of hydrogen-bond donors (Lipinski definition) is 2. The number of benzene rings is 2. The molecule has 2 aromatic rings. The zero-order valence-electron chi connectivity index (χ0n) is 13.1. The van der Waals surface area contributed by atoms with Gasteiger partial charge in [-0.05, 0) is 30.3 Å². The molecule has 0 radical (unpaired) electrons. The molecule has 25 heavy (non-hydrogen) atoms. The molecule has 8 nitrogen and oxygen atoms in total. The van der Waals surface area contributed by atoms with Crippen LogP contribution in [0.2, 0.25) is 0 Å². The van der Waals surface area contributed by atoms with E-state index < -0.39 is 10.0 Å². The van der Waals surface area contributed by atoms with Crippen molar-refractivity contribution in [1.82, 2.24) is 0 Å². The topological polar surface area (TPSA) is 118 Å². The highest BCUT2D eigenvalue weighted by atomic mass is 32.2. The van der Waals surface area contributed by atoms with Crippen molar-refractivity contribution in [3.63, 3.8) is 0 Å². The average molecular weight is 359 g/mol. The van der Waals surface area contributed by atoms with Crippen LogP contribution in [0.15, 0.2) is 41.3 Å². The molecule has 2 N–H and O–H groups in total. The third-order valence-electron chi connectivity index (χ3n) is 3.47. The molecular formula is C16H13N3O5S. The molecular weight excluding hydrogens is 346 g/mol. The number of nitriles is 1. The molecule has 128 valence electrons. The summed E-state index contributed by atoms with van der Waals surface area (Å²) in [5, 5.41) is 11.7. The Morgan fingerprint density at radius 1 is 1.28 bits per heavy atom. The van der Waals surface area contributed by atoms with Crippen LogP contribution in [-0.4, -0.2) is 28.0 Å². The van der Waals surface area contributed by atoms with Gasteiger partial charge in [0.05, 0.1) is 28.9 Å². The Balaban J connectivity index is 1.90. The zero-order chi connectivity index (χ0) is 18.0. The number of hydrogen-bond acceptors (Lipinski definition) is 6. The van der Waals surface area contributed by atoms with Crippen LogP contribution >= 0.6 is 0 Å². The third-order valence-corrected chi connectivity index (χ3v) is 4.85. The number of ether oxygens (including phenoxy) is 2. The van der Waals surface area contributed by atoms with Crippen LogP contribution in [0.1, 0.15) is 5.56 Å². The highest BCUT2D eigenvalue weighted by Crippen LogP contribution is 2.31. The third kappa shape index (κ3) is 3.34. The minimum absolute atomic E-state index is 0.0724. The van der Waals surface area contributed by atoms with E-state index in [0.717, 1.165) is 0 Å². The first-order valence-corrected chi connectivity index (χ1v) is 8.59. The Kier molecular flexibility index (Phi) is 4.21. The molecule has 0 aromatic heterocycles. The summed E-state index contributed by atoms with van der Waals surface area (Å²) in [5.41, 5.74) is 0.849. The summed E-state index contributed by atoms with van der Waals surface area (Å²) in [4.78, 5) is 11.2. The van der Waals surface area contributed by atoms with Crippen LogP contribution in [0.3, 0.4) is 0 Å². The van der Waals surface area contributed by atoms with Gasteiger partial charge in [0.15, 0.2) is 6.61 Å². The lowest BCUT2D eigenvalue weighted by molar-refractivity contribution is -0.118. The first-order valence-electron chi connectivity index (χ1n) is 7.10. The lowest BCUT2D eigenvalue weighted by atomic mass is 10.2. The highest BCUT2D eigenvalue weighted by Gasteiger charge is 2.20. The Bertz CT molecular complexity index is 995. The quantitative estimate of drug-likeness (QED) is 0.858. The number of amides is 1. The molecule has 0 bridgehead atoms. The minimum atomic E-state index is -3.91. The summed E-state index contributed by atoms with van der Waals surface area (Å²) in [6.07, 6.45) is 0. The van der Waals surface area contributed by atoms with Gasteiger partial charge in [0.1, 0.15) is 17.6 Å². The number of carbonyl (C=O) groups is 1. The van der Waals surface area contributed by atoms with Crippen LogP contribution in [0.25, 0.3) is 0 Å². The van der Waals surface area contributed by atoms with Gasteiger partial charge in [-0.2, -0.15) is 5.26 Å². The Morgan fingerprint density at radius 3 is 2.80 bits per heavy atom. The molecule has 9 heteroatoms. The summed E-state index contributed by atoms with van der Waals surface area (Å²) in [6, 6.07) is 10.4. The van der Waals surface area contributed by atoms with E-state index in [1.54, 1.807) is 6.07 Å². The summed E-state index contributed by atoms with van der Waals surface area (Å²) >= 11 is 0. The maximum absolute atomic E-state index is 12.5. The fourth-order valence-electron chi connectivity index (χ4n) is 2.29. The van der Waals surface area contributed by atoms with Gasteiger partial charge in [-0.25, -0.2) is 8.42 Å². The lowest BCUT2D eigenvalue weighted by Gasteiger charge is -2.19. The van der Waals surface area contributed by atoms with Crippen LogP contribution in [0.4, 0.5) is 11.4 Å². The number of carbonyl (C=O) groups excluding carboxylic acids is 1. The molecule has 0 fully saturated rings. The number of methoxy groups -OCH3 is 1. The number of sulfonamides is 1. The van der Waals surface area contributed by atoms with Crippen molar-refractivity contribution < 1.29 is 22.7 Å². The average Bonchev–Trinajstić information content (AvgIpc) is 2.60. The van der Waals surface area contributed by atoms with Crippen molar-refractivity contribution in [3.05, 3.63) is 42.0 Å². The van der Waals surface area contributed by atoms with Gasteiger partial charge < -0.3 is 14.8 Å². The van der Waals surface area contributed by atoms with E-state index >= 15 is 0 Å². The van der Waals surface area contributed by atoms with Gasteiger partial charge in [-0.1, -0.05) is 0 Å². The second-order valence-electron chi connectivity index (χ2n) is 5.13. The fourth-order valence-corrected chi connectivity index (χ4v) is 3.37. The summed E-state index contributed by atoms with van der Waals surface area (Å²) in [5.74, 6) is 0.384. The van der Waals surface area contributed by atoms with Gasteiger partial charge in [-0.15, -0.1) is 0 Å². The lowest BCUT2D eigenvalue weighted by Crippen LogP contribution is -2.25. The number of fused-ring (bicyclic) bond motifs is 1. The van der Waals surface area contributed by atoms with Gasteiger partial charge in [0.25, 0.3) is 15.9 Å².